The minimum absolute atomic E-state index is 0.291. The largest absolute Gasteiger partial charge is 0.486 e. The zero-order valence-corrected chi connectivity index (χ0v) is 15.8. The van der Waals surface area contributed by atoms with Gasteiger partial charge in [0.15, 0.2) is 5.01 Å². The van der Waals surface area contributed by atoms with E-state index >= 15 is 0 Å². The first-order valence-electron chi connectivity index (χ1n) is 7.86. The number of benzene rings is 2. The molecule has 8 heteroatoms. The monoisotopic (exact) mass is 388 g/mol. The second-order valence-corrected chi connectivity index (χ2v) is 7.08. The standard InChI is InChI=1S/C18H17ClN4O2S/c1-11-5-3-8-15(12(11)2)25-10-16-22-23-18(26-16)21-17(24)20-14-7-4-6-13(19)9-14/h3-9H,10H2,1-2H3,(H2,20,21,23,24). The number of hydrogen-bond donors (Lipinski definition) is 2. The van der Waals surface area contributed by atoms with E-state index in [1.54, 1.807) is 24.3 Å². The molecule has 2 aromatic carbocycles. The van der Waals surface area contributed by atoms with E-state index in [1.165, 1.54) is 16.9 Å². The Labute approximate surface area is 160 Å². The molecule has 1 heterocycles. The Morgan fingerprint density at radius 2 is 1.96 bits per heavy atom. The third-order valence-electron chi connectivity index (χ3n) is 3.68. The summed E-state index contributed by atoms with van der Waals surface area (Å²) in [4.78, 5) is 12.0. The average Bonchev–Trinajstić information content (AvgIpc) is 3.03. The summed E-state index contributed by atoms with van der Waals surface area (Å²) in [6.45, 7) is 4.34. The van der Waals surface area contributed by atoms with Crippen molar-refractivity contribution in [1.82, 2.24) is 10.2 Å². The fraction of sp³-hybridized carbons (Fsp3) is 0.167. The molecule has 134 valence electrons. The van der Waals surface area contributed by atoms with Gasteiger partial charge < -0.3 is 10.1 Å². The Kier molecular flexibility index (Phi) is 5.70. The van der Waals surface area contributed by atoms with Crippen molar-refractivity contribution in [3.8, 4) is 5.75 Å². The Bertz CT molecular complexity index is 929. The highest BCUT2D eigenvalue weighted by atomic mass is 35.5. The lowest BCUT2D eigenvalue weighted by atomic mass is 10.1. The quantitative estimate of drug-likeness (QED) is 0.642. The van der Waals surface area contributed by atoms with Gasteiger partial charge in [0.2, 0.25) is 5.13 Å². The molecule has 26 heavy (non-hydrogen) atoms. The summed E-state index contributed by atoms with van der Waals surface area (Å²) in [7, 11) is 0. The Hall–Kier alpha value is -2.64. The molecule has 0 saturated heterocycles. The molecular weight excluding hydrogens is 372 g/mol. The minimum atomic E-state index is -0.412. The van der Waals surface area contributed by atoms with Crippen molar-refractivity contribution in [1.29, 1.82) is 0 Å². The van der Waals surface area contributed by atoms with Crippen molar-refractivity contribution in [2.45, 2.75) is 20.5 Å². The summed E-state index contributed by atoms with van der Waals surface area (Å²) in [5.74, 6) is 0.813. The first-order valence-corrected chi connectivity index (χ1v) is 9.05. The summed E-state index contributed by atoms with van der Waals surface area (Å²) in [6.07, 6.45) is 0. The SMILES string of the molecule is Cc1cccc(OCc2nnc(NC(=O)Nc3cccc(Cl)c3)s2)c1C. The number of aromatic nitrogens is 2. The van der Waals surface area contributed by atoms with Gasteiger partial charge >= 0.3 is 6.03 Å². The zero-order chi connectivity index (χ0) is 18.5. The molecule has 0 fully saturated rings. The third-order valence-corrected chi connectivity index (χ3v) is 4.72. The minimum Gasteiger partial charge on any atom is -0.486 e. The van der Waals surface area contributed by atoms with Crippen LogP contribution in [0.5, 0.6) is 5.75 Å². The van der Waals surface area contributed by atoms with Crippen LogP contribution >= 0.6 is 22.9 Å². The van der Waals surface area contributed by atoms with Crippen LogP contribution in [0, 0.1) is 13.8 Å². The number of hydrogen-bond acceptors (Lipinski definition) is 5. The number of nitrogens with one attached hydrogen (secondary N) is 2. The zero-order valence-electron chi connectivity index (χ0n) is 14.2. The number of carbonyl (C=O) groups is 1. The van der Waals surface area contributed by atoms with Crippen molar-refractivity contribution in [2.24, 2.45) is 0 Å². The molecule has 0 unspecified atom stereocenters. The second kappa shape index (κ2) is 8.16. The normalized spacial score (nSPS) is 10.4. The van der Waals surface area contributed by atoms with Gasteiger partial charge in [0.05, 0.1) is 0 Å². The van der Waals surface area contributed by atoms with Crippen LogP contribution in [-0.2, 0) is 6.61 Å². The van der Waals surface area contributed by atoms with Crippen LogP contribution in [0.4, 0.5) is 15.6 Å². The summed E-state index contributed by atoms with van der Waals surface area (Å²) < 4.78 is 5.80. The van der Waals surface area contributed by atoms with Gasteiger partial charge in [-0.2, -0.15) is 0 Å². The molecule has 0 radical (unpaired) electrons. The molecule has 2 amide bonds. The molecule has 0 bridgehead atoms. The number of halogens is 1. The van der Waals surface area contributed by atoms with E-state index in [1.807, 2.05) is 32.0 Å². The van der Waals surface area contributed by atoms with Gasteiger partial charge in [-0.1, -0.05) is 41.1 Å². The predicted molar refractivity (Wildman–Crippen MR) is 104 cm³/mol. The van der Waals surface area contributed by atoms with Gasteiger partial charge in [-0.05, 0) is 49.2 Å². The van der Waals surface area contributed by atoms with Crippen LogP contribution < -0.4 is 15.4 Å². The van der Waals surface area contributed by atoms with Crippen LogP contribution in [0.1, 0.15) is 16.1 Å². The number of rotatable bonds is 5. The molecule has 2 N–H and O–H groups in total. The molecule has 1 aromatic heterocycles. The van der Waals surface area contributed by atoms with Crippen molar-refractivity contribution >= 4 is 39.8 Å². The lowest BCUT2D eigenvalue weighted by molar-refractivity contribution is 0.262. The van der Waals surface area contributed by atoms with E-state index in [2.05, 4.69) is 20.8 Å². The molecule has 0 aliphatic carbocycles. The van der Waals surface area contributed by atoms with E-state index in [0.29, 0.717) is 27.5 Å². The van der Waals surface area contributed by atoms with Crippen LogP contribution in [-0.4, -0.2) is 16.2 Å². The number of urea groups is 1. The highest BCUT2D eigenvalue weighted by Gasteiger charge is 2.10. The molecule has 0 saturated carbocycles. The highest BCUT2D eigenvalue weighted by Crippen LogP contribution is 2.23. The number of ether oxygens (including phenoxy) is 1. The van der Waals surface area contributed by atoms with E-state index in [-0.39, 0.29) is 0 Å². The van der Waals surface area contributed by atoms with Gasteiger partial charge in [-0.25, -0.2) is 4.79 Å². The van der Waals surface area contributed by atoms with Crippen LogP contribution in [0.2, 0.25) is 5.02 Å². The number of nitrogens with zero attached hydrogens (tertiary/aromatic N) is 2. The van der Waals surface area contributed by atoms with E-state index in [0.717, 1.165) is 11.3 Å². The van der Waals surface area contributed by atoms with E-state index in [9.17, 15) is 4.79 Å². The highest BCUT2D eigenvalue weighted by molar-refractivity contribution is 7.15. The molecule has 3 aromatic rings. The van der Waals surface area contributed by atoms with Crippen molar-refractivity contribution in [2.75, 3.05) is 10.6 Å². The van der Waals surface area contributed by atoms with Gasteiger partial charge in [-0.15, -0.1) is 10.2 Å². The fourth-order valence-electron chi connectivity index (χ4n) is 2.21. The summed E-state index contributed by atoms with van der Waals surface area (Å²) in [6, 6.07) is 12.4. The molecular formula is C18H17ClN4O2S. The maximum atomic E-state index is 12.0. The predicted octanol–water partition coefficient (Wildman–Crippen LogP) is 5.03. The van der Waals surface area contributed by atoms with Gasteiger partial charge in [0.25, 0.3) is 0 Å². The topological polar surface area (TPSA) is 76.1 Å². The molecule has 0 aliphatic rings. The summed E-state index contributed by atoms with van der Waals surface area (Å²) in [5.41, 5.74) is 2.86. The van der Waals surface area contributed by atoms with Gasteiger partial charge in [-0.3, -0.25) is 5.32 Å². The Morgan fingerprint density at radius 1 is 1.15 bits per heavy atom. The molecule has 0 atom stereocenters. The maximum absolute atomic E-state index is 12.0. The fourth-order valence-corrected chi connectivity index (χ4v) is 3.05. The van der Waals surface area contributed by atoms with Crippen LogP contribution in [0.3, 0.4) is 0 Å². The number of amides is 2. The third kappa shape index (κ3) is 4.71. The van der Waals surface area contributed by atoms with Crippen LogP contribution in [0.25, 0.3) is 0 Å². The molecule has 0 aliphatic heterocycles. The molecule has 0 spiro atoms. The van der Waals surface area contributed by atoms with Gasteiger partial charge in [0, 0.05) is 10.7 Å². The number of aryl methyl sites for hydroxylation is 1. The van der Waals surface area contributed by atoms with Crippen LogP contribution in [0.15, 0.2) is 42.5 Å². The number of carbonyl (C=O) groups excluding carboxylic acids is 1. The first-order chi connectivity index (χ1) is 12.5. The van der Waals surface area contributed by atoms with E-state index < -0.39 is 6.03 Å². The van der Waals surface area contributed by atoms with Gasteiger partial charge in [0.1, 0.15) is 12.4 Å². The molecule has 6 nitrogen and oxygen atoms in total. The Balaban J connectivity index is 1.56. The maximum Gasteiger partial charge on any atom is 0.325 e. The average molecular weight is 389 g/mol. The summed E-state index contributed by atoms with van der Waals surface area (Å²) >= 11 is 7.15. The van der Waals surface area contributed by atoms with Crippen molar-refractivity contribution in [3.05, 3.63) is 63.6 Å². The molecule has 3 rings (SSSR count). The lowest BCUT2D eigenvalue weighted by Gasteiger charge is -2.09. The van der Waals surface area contributed by atoms with E-state index in [4.69, 9.17) is 16.3 Å². The lowest BCUT2D eigenvalue weighted by Crippen LogP contribution is -2.19. The first kappa shape index (κ1) is 18.2. The van der Waals surface area contributed by atoms with Crippen molar-refractivity contribution in [3.63, 3.8) is 0 Å². The Morgan fingerprint density at radius 3 is 2.77 bits per heavy atom. The second-order valence-electron chi connectivity index (χ2n) is 5.58. The van der Waals surface area contributed by atoms with Crippen molar-refractivity contribution < 1.29 is 9.53 Å². The number of anilines is 2. The summed E-state index contributed by atoms with van der Waals surface area (Å²) in [5, 5.41) is 14.9. The smallest absolute Gasteiger partial charge is 0.325 e.